The van der Waals surface area contributed by atoms with Gasteiger partial charge in [0.25, 0.3) is 6.01 Å². The van der Waals surface area contributed by atoms with Crippen molar-refractivity contribution in [2.24, 2.45) is 0 Å². The van der Waals surface area contributed by atoms with Gasteiger partial charge in [-0.3, -0.25) is 0 Å². The van der Waals surface area contributed by atoms with Gasteiger partial charge in [0.05, 0.1) is 19.7 Å². The summed E-state index contributed by atoms with van der Waals surface area (Å²) >= 11 is 0. The lowest BCUT2D eigenvalue weighted by Gasteiger charge is -2.46. The van der Waals surface area contributed by atoms with Crippen LogP contribution < -0.4 is 4.90 Å². The highest BCUT2D eigenvalue weighted by atomic mass is 16.5. The van der Waals surface area contributed by atoms with E-state index in [-0.39, 0.29) is 18.9 Å². The van der Waals surface area contributed by atoms with Crippen LogP contribution in [0.15, 0.2) is 10.7 Å². The molecule has 20 heavy (non-hydrogen) atoms. The number of rotatable bonds is 6. The van der Waals surface area contributed by atoms with Gasteiger partial charge in [-0.1, -0.05) is 0 Å². The average Bonchev–Trinajstić information content (AvgIpc) is 2.82. The molecule has 0 spiro atoms. The normalized spacial score (nSPS) is 16.6. The topological polar surface area (TPSA) is 102 Å². The molecule has 8 heteroatoms. The van der Waals surface area contributed by atoms with Crippen molar-refractivity contribution in [2.45, 2.75) is 19.4 Å². The molecule has 1 aromatic rings. The number of ether oxygens (including phenoxy) is 2. The number of aliphatic carboxylic acids is 1. The Morgan fingerprint density at radius 1 is 1.55 bits per heavy atom. The van der Waals surface area contributed by atoms with Crippen LogP contribution in [0.4, 0.5) is 6.01 Å². The standard InChI is InChI=1S/C12H16N2O6/c1-3-18-10(17)8-4-19-11(13-8)14-6-12(2,7-14)20-5-9(15)16/h4H,3,5-7H2,1-2H3,(H,15,16). The number of nitrogens with zero attached hydrogens (tertiary/aromatic N) is 2. The van der Waals surface area contributed by atoms with Gasteiger partial charge >= 0.3 is 11.9 Å². The molecule has 2 rings (SSSR count). The van der Waals surface area contributed by atoms with Gasteiger partial charge in [-0.25, -0.2) is 9.59 Å². The maximum atomic E-state index is 11.4. The zero-order valence-electron chi connectivity index (χ0n) is 11.3. The van der Waals surface area contributed by atoms with Crippen LogP contribution in [0.2, 0.25) is 0 Å². The van der Waals surface area contributed by atoms with E-state index < -0.39 is 17.5 Å². The lowest BCUT2D eigenvalue weighted by molar-refractivity contribution is -0.150. The van der Waals surface area contributed by atoms with Gasteiger partial charge in [0.2, 0.25) is 0 Å². The van der Waals surface area contributed by atoms with Crippen molar-refractivity contribution in [3.05, 3.63) is 12.0 Å². The molecule has 1 fully saturated rings. The minimum atomic E-state index is -1.01. The number of anilines is 1. The zero-order chi connectivity index (χ0) is 14.8. The van der Waals surface area contributed by atoms with E-state index in [1.165, 1.54) is 6.26 Å². The number of carboxylic acid groups (broad SMARTS) is 1. The Bertz CT molecular complexity index is 506. The second kappa shape index (κ2) is 5.49. The molecule has 1 N–H and O–H groups in total. The first-order chi connectivity index (χ1) is 9.43. The number of carboxylic acids is 1. The van der Waals surface area contributed by atoms with Gasteiger partial charge in [0.15, 0.2) is 5.69 Å². The molecule has 8 nitrogen and oxygen atoms in total. The Morgan fingerprint density at radius 3 is 2.85 bits per heavy atom. The van der Waals surface area contributed by atoms with Crippen LogP contribution in [0, 0.1) is 0 Å². The summed E-state index contributed by atoms with van der Waals surface area (Å²) in [6, 6.07) is 0.296. The van der Waals surface area contributed by atoms with Crippen LogP contribution in [0.3, 0.4) is 0 Å². The second-order valence-corrected chi connectivity index (χ2v) is 4.72. The van der Waals surface area contributed by atoms with E-state index in [4.69, 9.17) is 19.0 Å². The summed E-state index contributed by atoms with van der Waals surface area (Å²) in [5, 5.41) is 8.57. The van der Waals surface area contributed by atoms with E-state index >= 15 is 0 Å². The molecule has 0 radical (unpaired) electrons. The van der Waals surface area contributed by atoms with Gasteiger partial charge in [-0.2, -0.15) is 4.98 Å². The lowest BCUT2D eigenvalue weighted by Crippen LogP contribution is -2.62. The Labute approximate surface area is 115 Å². The largest absolute Gasteiger partial charge is 0.480 e. The van der Waals surface area contributed by atoms with Gasteiger partial charge in [-0.15, -0.1) is 0 Å². The molecule has 0 aliphatic carbocycles. The van der Waals surface area contributed by atoms with Crippen LogP contribution in [-0.2, 0) is 14.3 Å². The summed E-state index contributed by atoms with van der Waals surface area (Å²) in [5.74, 6) is -1.54. The summed E-state index contributed by atoms with van der Waals surface area (Å²) in [6.45, 7) is 4.34. The monoisotopic (exact) mass is 284 g/mol. The number of oxazole rings is 1. The highest BCUT2D eigenvalue weighted by molar-refractivity contribution is 5.87. The number of carbonyl (C=O) groups is 2. The van der Waals surface area contributed by atoms with Crippen molar-refractivity contribution in [3.63, 3.8) is 0 Å². The van der Waals surface area contributed by atoms with Crippen LogP contribution in [-0.4, -0.2) is 53.9 Å². The summed E-state index contributed by atoms with van der Waals surface area (Å²) in [6.07, 6.45) is 1.24. The molecule has 0 bridgehead atoms. The first-order valence-corrected chi connectivity index (χ1v) is 6.17. The van der Waals surface area contributed by atoms with Crippen molar-refractivity contribution in [2.75, 3.05) is 31.2 Å². The molecule has 0 amide bonds. The molecule has 1 aliphatic heterocycles. The van der Waals surface area contributed by atoms with Gasteiger partial charge in [-0.05, 0) is 13.8 Å². The highest BCUT2D eigenvalue weighted by Gasteiger charge is 2.42. The number of esters is 1. The van der Waals surface area contributed by atoms with Crippen molar-refractivity contribution >= 4 is 18.0 Å². The Balaban J connectivity index is 1.89. The third-order valence-electron chi connectivity index (χ3n) is 2.84. The third kappa shape index (κ3) is 3.08. The van der Waals surface area contributed by atoms with Crippen molar-refractivity contribution < 1.29 is 28.6 Å². The second-order valence-electron chi connectivity index (χ2n) is 4.72. The molecule has 1 aromatic heterocycles. The quantitative estimate of drug-likeness (QED) is 0.755. The maximum absolute atomic E-state index is 11.4. The SMILES string of the molecule is CCOC(=O)c1coc(N2CC(C)(OCC(=O)O)C2)n1. The minimum absolute atomic E-state index is 0.113. The number of hydrogen-bond acceptors (Lipinski definition) is 7. The number of carbonyl (C=O) groups excluding carboxylic acids is 1. The molecular formula is C12H16N2O6. The molecule has 1 aliphatic rings. The maximum Gasteiger partial charge on any atom is 0.360 e. The van der Waals surface area contributed by atoms with Gasteiger partial charge in [0, 0.05) is 0 Å². The Hall–Kier alpha value is -2.09. The molecule has 0 aromatic carbocycles. The van der Waals surface area contributed by atoms with Crippen LogP contribution in [0.5, 0.6) is 0 Å². The molecule has 0 atom stereocenters. The lowest BCUT2D eigenvalue weighted by atomic mass is 9.97. The van der Waals surface area contributed by atoms with E-state index in [9.17, 15) is 9.59 Å². The molecule has 110 valence electrons. The van der Waals surface area contributed by atoms with Crippen LogP contribution in [0.25, 0.3) is 0 Å². The number of aromatic nitrogens is 1. The Morgan fingerprint density at radius 2 is 2.25 bits per heavy atom. The zero-order valence-corrected chi connectivity index (χ0v) is 11.3. The molecular weight excluding hydrogens is 268 g/mol. The predicted octanol–water partition coefficient (Wildman–Crippen LogP) is 0.531. The van der Waals surface area contributed by atoms with Crippen molar-refractivity contribution in [1.82, 2.24) is 4.98 Å². The van der Waals surface area contributed by atoms with Crippen LogP contribution in [0.1, 0.15) is 24.3 Å². The van der Waals surface area contributed by atoms with E-state index in [0.29, 0.717) is 19.1 Å². The smallest absolute Gasteiger partial charge is 0.360 e. The number of hydrogen-bond donors (Lipinski definition) is 1. The summed E-state index contributed by atoms with van der Waals surface area (Å²) in [7, 11) is 0. The average molecular weight is 284 g/mol. The summed E-state index contributed by atoms with van der Waals surface area (Å²) in [5.41, 5.74) is -0.432. The molecule has 0 unspecified atom stereocenters. The van der Waals surface area contributed by atoms with Crippen molar-refractivity contribution in [1.29, 1.82) is 0 Å². The summed E-state index contributed by atoms with van der Waals surface area (Å²) < 4.78 is 15.3. The van der Waals surface area contributed by atoms with E-state index in [0.717, 1.165) is 0 Å². The highest BCUT2D eigenvalue weighted by Crippen LogP contribution is 2.29. The van der Waals surface area contributed by atoms with Gasteiger partial charge in [0.1, 0.15) is 18.5 Å². The van der Waals surface area contributed by atoms with E-state index in [1.807, 2.05) is 6.92 Å². The fraction of sp³-hybridized carbons (Fsp3) is 0.583. The fourth-order valence-electron chi connectivity index (χ4n) is 1.93. The molecule has 1 saturated heterocycles. The first-order valence-electron chi connectivity index (χ1n) is 6.17. The Kier molecular flexibility index (Phi) is 3.93. The van der Waals surface area contributed by atoms with Crippen LogP contribution >= 0.6 is 0 Å². The third-order valence-corrected chi connectivity index (χ3v) is 2.84. The van der Waals surface area contributed by atoms with Crippen molar-refractivity contribution in [3.8, 4) is 0 Å². The fourth-order valence-corrected chi connectivity index (χ4v) is 1.93. The predicted molar refractivity (Wildman–Crippen MR) is 66.7 cm³/mol. The van der Waals surface area contributed by atoms with E-state index in [1.54, 1.807) is 11.8 Å². The molecule has 2 heterocycles. The van der Waals surface area contributed by atoms with E-state index in [2.05, 4.69) is 4.98 Å². The first kappa shape index (κ1) is 14.3. The molecule has 0 saturated carbocycles. The summed E-state index contributed by atoms with van der Waals surface area (Å²) in [4.78, 5) is 27.7. The minimum Gasteiger partial charge on any atom is -0.480 e. The van der Waals surface area contributed by atoms with Gasteiger partial charge < -0.3 is 23.9 Å².